The predicted octanol–water partition coefficient (Wildman–Crippen LogP) is 3.37. The Balaban J connectivity index is 0.000000126. The van der Waals surface area contributed by atoms with Crippen LogP contribution in [0.15, 0.2) is 42.9 Å². The number of imidazole rings is 2. The molecule has 0 amide bonds. The van der Waals surface area contributed by atoms with Gasteiger partial charge in [0.2, 0.25) is 0 Å². The molecule has 0 fully saturated rings. The molecule has 0 aliphatic rings. The molecule has 0 radical (unpaired) electrons. The van der Waals surface area contributed by atoms with E-state index in [1.165, 1.54) is 0 Å². The molecule has 4 aromatic heterocycles. The summed E-state index contributed by atoms with van der Waals surface area (Å²) in [6.45, 7) is 0. The number of hydrogen-bond acceptors (Lipinski definition) is 4. The molecule has 0 unspecified atom stereocenters. The fraction of sp³-hybridized carbons (Fsp3) is 0. The molecule has 6 nitrogen and oxygen atoms in total. The maximum absolute atomic E-state index is 5.68. The number of nitrogens with zero attached hydrogens (tertiary/aromatic N) is 6. The molecule has 21 heavy (non-hydrogen) atoms. The van der Waals surface area contributed by atoms with Gasteiger partial charge in [-0.3, -0.25) is 0 Å². The summed E-state index contributed by atoms with van der Waals surface area (Å²) in [5.41, 5.74) is 1.63. The molecule has 0 saturated carbocycles. The van der Waals surface area contributed by atoms with Crippen LogP contribution in [0.5, 0.6) is 0 Å². The van der Waals surface area contributed by atoms with Crippen LogP contribution in [-0.4, -0.2) is 29.2 Å². The van der Waals surface area contributed by atoms with Crippen LogP contribution in [0.4, 0.5) is 0 Å². The number of aromatic nitrogens is 6. The van der Waals surface area contributed by atoms with Crippen molar-refractivity contribution in [2.24, 2.45) is 0 Å². The maximum Gasteiger partial charge on any atom is 0.154 e. The standard InChI is InChI=1S/C6H3ClIN3.C6H4ClN3/c7-4-1-2-6-9-3-5(8)11(6)10-4;7-5-1-2-6-8-3-4-10(6)9-5/h1-3H;1-4H. The summed E-state index contributed by atoms with van der Waals surface area (Å²) < 4.78 is 4.28. The van der Waals surface area contributed by atoms with Crippen LogP contribution >= 0.6 is 45.8 Å². The Kier molecular flexibility index (Phi) is 4.22. The van der Waals surface area contributed by atoms with E-state index in [1.54, 1.807) is 39.8 Å². The zero-order chi connectivity index (χ0) is 14.8. The van der Waals surface area contributed by atoms with Crippen molar-refractivity contribution < 1.29 is 0 Å². The number of halogens is 3. The molecule has 0 aliphatic carbocycles. The van der Waals surface area contributed by atoms with Gasteiger partial charge in [-0.15, -0.1) is 0 Å². The highest BCUT2D eigenvalue weighted by Crippen LogP contribution is 2.10. The third-order valence-electron chi connectivity index (χ3n) is 2.51. The fourth-order valence-corrected chi connectivity index (χ4v) is 2.39. The van der Waals surface area contributed by atoms with Gasteiger partial charge in [-0.05, 0) is 46.9 Å². The van der Waals surface area contributed by atoms with Crippen LogP contribution in [-0.2, 0) is 0 Å². The first-order valence-electron chi connectivity index (χ1n) is 5.75. The monoisotopic (exact) mass is 432 g/mol. The molecule has 4 aromatic rings. The van der Waals surface area contributed by atoms with Gasteiger partial charge in [-0.25, -0.2) is 19.0 Å². The van der Waals surface area contributed by atoms with Crippen LogP contribution in [0, 0.1) is 3.70 Å². The van der Waals surface area contributed by atoms with Gasteiger partial charge >= 0.3 is 0 Å². The molecule has 0 atom stereocenters. The molecule has 4 heterocycles. The summed E-state index contributed by atoms with van der Waals surface area (Å²) in [4.78, 5) is 8.10. The van der Waals surface area contributed by atoms with E-state index in [-0.39, 0.29) is 0 Å². The van der Waals surface area contributed by atoms with E-state index < -0.39 is 0 Å². The first kappa shape index (κ1) is 14.5. The van der Waals surface area contributed by atoms with E-state index >= 15 is 0 Å². The quantitative estimate of drug-likeness (QED) is 0.400. The first-order chi connectivity index (χ1) is 10.1. The van der Waals surface area contributed by atoms with Crippen LogP contribution < -0.4 is 0 Å². The van der Waals surface area contributed by atoms with Crippen molar-refractivity contribution >= 4 is 57.1 Å². The van der Waals surface area contributed by atoms with Crippen molar-refractivity contribution in [3.8, 4) is 0 Å². The first-order valence-corrected chi connectivity index (χ1v) is 7.58. The highest BCUT2D eigenvalue weighted by atomic mass is 127. The number of fused-ring (bicyclic) bond motifs is 2. The van der Waals surface area contributed by atoms with Crippen molar-refractivity contribution in [2.75, 3.05) is 0 Å². The van der Waals surface area contributed by atoms with Gasteiger partial charge < -0.3 is 0 Å². The van der Waals surface area contributed by atoms with Gasteiger partial charge in [0.25, 0.3) is 0 Å². The van der Waals surface area contributed by atoms with Crippen molar-refractivity contribution in [2.45, 2.75) is 0 Å². The topological polar surface area (TPSA) is 60.4 Å². The van der Waals surface area contributed by atoms with Crippen molar-refractivity contribution in [1.29, 1.82) is 0 Å². The Morgan fingerprint density at radius 1 is 0.905 bits per heavy atom. The summed E-state index contributed by atoms with van der Waals surface area (Å²) >= 11 is 13.4. The summed E-state index contributed by atoms with van der Waals surface area (Å²) in [6.07, 6.45) is 5.18. The minimum Gasteiger partial charge on any atom is -0.236 e. The van der Waals surface area contributed by atoms with Crippen molar-refractivity contribution in [3.63, 3.8) is 0 Å². The van der Waals surface area contributed by atoms with Gasteiger partial charge in [0.05, 0.1) is 6.20 Å². The lowest BCUT2D eigenvalue weighted by molar-refractivity contribution is 0.914. The molecular formula is C12H7Cl2IN6. The lowest BCUT2D eigenvalue weighted by Crippen LogP contribution is -1.92. The number of hydrogen-bond donors (Lipinski definition) is 0. The zero-order valence-electron chi connectivity index (χ0n) is 10.4. The lowest BCUT2D eigenvalue weighted by atomic mass is 10.6. The van der Waals surface area contributed by atoms with Crippen molar-refractivity contribution in [3.05, 3.63) is 56.9 Å². The molecule has 0 spiro atoms. The average Bonchev–Trinajstić information content (AvgIpc) is 3.06. The van der Waals surface area contributed by atoms with E-state index in [0.717, 1.165) is 15.0 Å². The highest BCUT2D eigenvalue weighted by Gasteiger charge is 2.00. The zero-order valence-corrected chi connectivity index (χ0v) is 14.0. The lowest BCUT2D eigenvalue weighted by Gasteiger charge is -1.92. The molecule has 0 saturated heterocycles. The van der Waals surface area contributed by atoms with Gasteiger partial charge in [0.15, 0.2) is 11.3 Å². The van der Waals surface area contributed by atoms with E-state index in [4.69, 9.17) is 23.2 Å². The average molecular weight is 433 g/mol. The third kappa shape index (κ3) is 3.25. The van der Waals surface area contributed by atoms with Gasteiger partial charge in [-0.1, -0.05) is 23.2 Å². The number of rotatable bonds is 0. The second kappa shape index (κ2) is 6.12. The second-order valence-corrected chi connectivity index (χ2v) is 5.77. The molecule has 0 aromatic carbocycles. The van der Waals surface area contributed by atoms with E-state index in [0.29, 0.717) is 10.3 Å². The molecular weight excluding hydrogens is 426 g/mol. The predicted molar refractivity (Wildman–Crippen MR) is 88.7 cm³/mol. The minimum absolute atomic E-state index is 0.477. The largest absolute Gasteiger partial charge is 0.236 e. The SMILES string of the molecule is Clc1ccc2ncc(I)n2n1.Clc1ccc2nccn2n1. The Morgan fingerprint density at radius 3 is 2.43 bits per heavy atom. The van der Waals surface area contributed by atoms with Crippen molar-refractivity contribution in [1.82, 2.24) is 29.2 Å². The van der Waals surface area contributed by atoms with Gasteiger partial charge in [-0.2, -0.15) is 10.2 Å². The Hall–Kier alpha value is -1.45. The third-order valence-corrected chi connectivity index (χ3v) is 3.65. The summed E-state index contributed by atoms with van der Waals surface area (Å²) in [5.74, 6) is 0. The van der Waals surface area contributed by atoms with Crippen LogP contribution in [0.3, 0.4) is 0 Å². The van der Waals surface area contributed by atoms with Gasteiger partial charge in [0.1, 0.15) is 14.0 Å². The summed E-state index contributed by atoms with van der Waals surface area (Å²) in [7, 11) is 0. The van der Waals surface area contributed by atoms with E-state index in [9.17, 15) is 0 Å². The molecule has 0 N–H and O–H groups in total. The smallest absolute Gasteiger partial charge is 0.154 e. The van der Waals surface area contributed by atoms with E-state index in [2.05, 4.69) is 42.8 Å². The Bertz CT molecular complexity index is 903. The molecule has 9 heteroatoms. The normalized spacial score (nSPS) is 10.6. The highest BCUT2D eigenvalue weighted by molar-refractivity contribution is 14.1. The minimum atomic E-state index is 0.477. The second-order valence-electron chi connectivity index (χ2n) is 3.89. The summed E-state index contributed by atoms with van der Waals surface area (Å²) in [6, 6.07) is 7.08. The Labute approximate surface area is 142 Å². The molecule has 4 rings (SSSR count). The van der Waals surface area contributed by atoms with Crippen LogP contribution in [0.2, 0.25) is 10.3 Å². The van der Waals surface area contributed by atoms with Gasteiger partial charge in [0, 0.05) is 12.4 Å². The molecule has 0 bridgehead atoms. The molecule has 106 valence electrons. The fourth-order valence-electron chi connectivity index (χ4n) is 1.61. The van der Waals surface area contributed by atoms with Crippen LogP contribution in [0.1, 0.15) is 0 Å². The van der Waals surface area contributed by atoms with Crippen LogP contribution in [0.25, 0.3) is 11.3 Å². The Morgan fingerprint density at radius 2 is 1.62 bits per heavy atom. The summed E-state index contributed by atoms with van der Waals surface area (Å²) in [5, 5.41) is 8.96. The molecule has 0 aliphatic heterocycles. The maximum atomic E-state index is 5.68. The van der Waals surface area contributed by atoms with E-state index in [1.807, 2.05) is 12.1 Å².